The molecule has 63 heavy (non-hydrogen) atoms. The molecule has 2 fully saturated rings. The standard InChI is InChI=1S/C53H54ClFO8/c1-2-58-44-25-23-38(24-26-44)27-43-28-45(47(29-46(43)54)62-37-53(55)35-57-36-53)49-51(60-32-41-19-11-5-12-20-41)52(61-33-42-21-13-6-14-22-42)50(59-31-40-17-9-4-10-18-40)48(63-49)34-56-30-39-15-7-3-8-16-39/h3-26,28-29,48-52H,2,27,30-37H2,1H3/t48-,49+,50-,51+,52+/m1/s1. The van der Waals surface area contributed by atoms with Gasteiger partial charge in [-0.2, -0.15) is 0 Å². The number of benzene rings is 6. The van der Waals surface area contributed by atoms with Crippen LogP contribution in [0.4, 0.5) is 4.39 Å². The van der Waals surface area contributed by atoms with Gasteiger partial charge in [0, 0.05) is 10.6 Å². The third-order valence-electron chi connectivity index (χ3n) is 11.2. The lowest BCUT2D eigenvalue weighted by molar-refractivity contribution is -0.275. The molecule has 0 amide bonds. The first-order chi connectivity index (χ1) is 30.9. The first-order valence-corrected chi connectivity index (χ1v) is 22.0. The molecule has 10 heteroatoms. The Hall–Kier alpha value is -5.10. The molecule has 0 unspecified atom stereocenters. The molecule has 2 aliphatic heterocycles. The van der Waals surface area contributed by atoms with Gasteiger partial charge in [-0.15, -0.1) is 0 Å². The fraction of sp³-hybridized carbons (Fsp3) is 0.321. The molecule has 2 heterocycles. The highest BCUT2D eigenvalue weighted by Gasteiger charge is 2.50. The van der Waals surface area contributed by atoms with E-state index in [0.29, 0.717) is 42.6 Å². The lowest BCUT2D eigenvalue weighted by Gasteiger charge is -2.47. The molecule has 8 nitrogen and oxygen atoms in total. The average molecular weight is 873 g/mol. The van der Waals surface area contributed by atoms with Gasteiger partial charge in [-0.3, -0.25) is 0 Å². The summed E-state index contributed by atoms with van der Waals surface area (Å²) in [6.07, 6.45) is -3.05. The number of ether oxygens (including phenoxy) is 8. The molecule has 0 aromatic heterocycles. The van der Waals surface area contributed by atoms with Crippen LogP contribution in [0.15, 0.2) is 158 Å². The first-order valence-electron chi connectivity index (χ1n) is 21.6. The highest BCUT2D eigenvalue weighted by atomic mass is 35.5. The molecular formula is C53H54ClFO8. The van der Waals surface area contributed by atoms with Crippen molar-refractivity contribution < 1.29 is 42.3 Å². The monoisotopic (exact) mass is 872 g/mol. The van der Waals surface area contributed by atoms with E-state index >= 15 is 4.39 Å². The predicted molar refractivity (Wildman–Crippen MR) is 241 cm³/mol. The van der Waals surface area contributed by atoms with Gasteiger partial charge in [0.15, 0.2) is 5.67 Å². The fourth-order valence-electron chi connectivity index (χ4n) is 7.85. The van der Waals surface area contributed by atoms with Crippen molar-refractivity contribution in [3.05, 3.63) is 202 Å². The Morgan fingerprint density at radius 2 is 1.13 bits per heavy atom. The summed E-state index contributed by atoms with van der Waals surface area (Å²) in [6.45, 7) is 3.58. The molecule has 0 saturated carbocycles. The number of rotatable bonds is 21. The predicted octanol–water partition coefficient (Wildman–Crippen LogP) is 10.9. The Kier molecular flexibility index (Phi) is 15.5. The summed E-state index contributed by atoms with van der Waals surface area (Å²) in [5.41, 5.74) is 4.86. The van der Waals surface area contributed by atoms with Crippen LogP contribution in [0, 0.1) is 0 Å². The molecular weight excluding hydrogens is 819 g/mol. The van der Waals surface area contributed by atoms with Crippen LogP contribution in [0.3, 0.4) is 0 Å². The van der Waals surface area contributed by atoms with E-state index in [9.17, 15) is 0 Å². The molecule has 6 aromatic carbocycles. The third kappa shape index (κ3) is 12.1. The smallest absolute Gasteiger partial charge is 0.190 e. The van der Waals surface area contributed by atoms with E-state index in [1.165, 1.54) is 0 Å². The van der Waals surface area contributed by atoms with Crippen LogP contribution in [0.2, 0.25) is 5.02 Å². The molecule has 2 saturated heterocycles. The fourth-order valence-corrected chi connectivity index (χ4v) is 8.07. The zero-order chi connectivity index (χ0) is 43.3. The lowest BCUT2D eigenvalue weighted by atomic mass is 9.88. The van der Waals surface area contributed by atoms with Crippen LogP contribution >= 0.6 is 11.6 Å². The second-order valence-corrected chi connectivity index (χ2v) is 16.5. The molecule has 328 valence electrons. The van der Waals surface area contributed by atoms with E-state index in [-0.39, 0.29) is 39.6 Å². The minimum absolute atomic E-state index is 0.0503. The minimum atomic E-state index is -1.63. The van der Waals surface area contributed by atoms with Gasteiger partial charge in [-0.1, -0.05) is 145 Å². The van der Waals surface area contributed by atoms with Gasteiger partial charge < -0.3 is 37.9 Å². The number of alkyl halides is 1. The van der Waals surface area contributed by atoms with E-state index in [0.717, 1.165) is 39.1 Å². The number of hydrogen-bond acceptors (Lipinski definition) is 8. The summed E-state index contributed by atoms with van der Waals surface area (Å²) in [6, 6.07) is 51.8. The van der Waals surface area contributed by atoms with Gasteiger partial charge in [0.05, 0.1) is 52.9 Å². The summed E-state index contributed by atoms with van der Waals surface area (Å²) in [7, 11) is 0. The van der Waals surface area contributed by atoms with Crippen molar-refractivity contribution in [3.8, 4) is 11.5 Å². The van der Waals surface area contributed by atoms with Gasteiger partial charge in [0.1, 0.15) is 48.6 Å². The summed E-state index contributed by atoms with van der Waals surface area (Å²) < 4.78 is 67.7. The largest absolute Gasteiger partial charge is 0.494 e. The first kappa shape index (κ1) is 44.5. The second-order valence-electron chi connectivity index (χ2n) is 16.0. The van der Waals surface area contributed by atoms with E-state index in [4.69, 9.17) is 49.5 Å². The van der Waals surface area contributed by atoms with Crippen LogP contribution in [0.1, 0.15) is 52.0 Å². The molecule has 0 bridgehead atoms. The quantitative estimate of drug-likeness (QED) is 0.0708. The molecule has 6 aromatic rings. The Labute approximate surface area is 374 Å². The molecule has 5 atom stereocenters. The average Bonchev–Trinajstić information content (AvgIpc) is 3.31. The Balaban J connectivity index is 1.22. The normalized spacial score (nSPS) is 20.5. The molecule has 0 spiro atoms. The van der Waals surface area contributed by atoms with Gasteiger partial charge >= 0.3 is 0 Å². The van der Waals surface area contributed by atoms with Crippen molar-refractivity contribution in [2.24, 2.45) is 0 Å². The summed E-state index contributed by atoms with van der Waals surface area (Å²) in [4.78, 5) is 0. The minimum Gasteiger partial charge on any atom is -0.494 e. The summed E-state index contributed by atoms with van der Waals surface area (Å²) in [5.74, 6) is 1.17. The van der Waals surface area contributed by atoms with E-state index < -0.39 is 36.2 Å². The zero-order valence-corrected chi connectivity index (χ0v) is 36.2. The van der Waals surface area contributed by atoms with Crippen molar-refractivity contribution >= 4 is 11.6 Å². The molecule has 0 N–H and O–H groups in total. The van der Waals surface area contributed by atoms with Crippen molar-refractivity contribution in [1.29, 1.82) is 0 Å². The topological polar surface area (TPSA) is 73.8 Å². The van der Waals surface area contributed by atoms with Crippen LogP contribution < -0.4 is 9.47 Å². The maximum absolute atomic E-state index is 15.6. The molecule has 0 radical (unpaired) electrons. The van der Waals surface area contributed by atoms with Crippen LogP contribution in [-0.4, -0.2) is 63.1 Å². The van der Waals surface area contributed by atoms with Gasteiger partial charge in [-0.05, 0) is 71.0 Å². The van der Waals surface area contributed by atoms with E-state index in [1.54, 1.807) is 6.07 Å². The maximum atomic E-state index is 15.6. The highest BCUT2D eigenvalue weighted by Crippen LogP contribution is 2.44. The maximum Gasteiger partial charge on any atom is 0.190 e. The van der Waals surface area contributed by atoms with Crippen molar-refractivity contribution in [2.75, 3.05) is 33.0 Å². The van der Waals surface area contributed by atoms with Crippen molar-refractivity contribution in [1.82, 2.24) is 0 Å². The SMILES string of the molecule is CCOc1ccc(Cc2cc([C@@H]3O[C@H](COCc4ccccc4)[C@@H](OCc4ccccc4)[C@H](OCc4ccccc4)[C@H]3OCc3ccccc3)c(OCC3(F)COC3)cc2Cl)cc1. The number of hydrogen-bond donors (Lipinski definition) is 0. The second kappa shape index (κ2) is 22.0. The zero-order valence-electron chi connectivity index (χ0n) is 35.5. The van der Waals surface area contributed by atoms with Crippen LogP contribution in [0.5, 0.6) is 11.5 Å². The molecule has 2 aliphatic rings. The van der Waals surface area contributed by atoms with Gasteiger partial charge in [0.25, 0.3) is 0 Å². The molecule has 0 aliphatic carbocycles. The van der Waals surface area contributed by atoms with Crippen molar-refractivity contribution in [2.45, 2.75) is 76.0 Å². The highest BCUT2D eigenvalue weighted by molar-refractivity contribution is 6.31. The third-order valence-corrected chi connectivity index (χ3v) is 11.6. The van der Waals surface area contributed by atoms with Crippen molar-refractivity contribution in [3.63, 3.8) is 0 Å². The Bertz CT molecular complexity index is 2280. The van der Waals surface area contributed by atoms with Crippen LogP contribution in [0.25, 0.3) is 0 Å². The van der Waals surface area contributed by atoms with Crippen LogP contribution in [-0.2, 0) is 61.3 Å². The number of halogens is 2. The Morgan fingerprint density at radius 1 is 0.603 bits per heavy atom. The van der Waals surface area contributed by atoms with E-state index in [1.807, 2.05) is 159 Å². The summed E-state index contributed by atoms with van der Waals surface area (Å²) >= 11 is 7.11. The molecule has 8 rings (SSSR count). The van der Waals surface area contributed by atoms with E-state index in [2.05, 4.69) is 0 Å². The summed E-state index contributed by atoms with van der Waals surface area (Å²) in [5, 5.41) is 0.474. The Morgan fingerprint density at radius 3 is 1.65 bits per heavy atom. The van der Waals surface area contributed by atoms with Gasteiger partial charge in [-0.25, -0.2) is 4.39 Å². The van der Waals surface area contributed by atoms with Gasteiger partial charge in [0.2, 0.25) is 0 Å². The lowest BCUT2D eigenvalue weighted by Crippen LogP contribution is -2.58.